The number of carboxylic acids is 1. The quantitative estimate of drug-likeness (QED) is 0.848. The van der Waals surface area contributed by atoms with Crippen LogP contribution in [-0.4, -0.2) is 15.4 Å². The molecule has 1 aromatic heterocycles. The topological polar surface area (TPSA) is 50.2 Å². The lowest BCUT2D eigenvalue weighted by Crippen LogP contribution is -2.07. The van der Waals surface area contributed by atoms with E-state index in [9.17, 15) is 4.79 Å². The molecule has 3 nitrogen and oxygen atoms in total. The summed E-state index contributed by atoms with van der Waals surface area (Å²) in [5.41, 5.74) is 1.82. The summed E-state index contributed by atoms with van der Waals surface area (Å²) >= 11 is 1.37. The number of hydrogen-bond acceptors (Lipinski definition) is 3. The Labute approximate surface area is 91.5 Å². The van der Waals surface area contributed by atoms with Gasteiger partial charge in [0, 0.05) is 5.39 Å². The summed E-state index contributed by atoms with van der Waals surface area (Å²) < 4.78 is 5.24. The van der Waals surface area contributed by atoms with E-state index < -0.39 is 11.9 Å². The molecule has 2 rings (SSSR count). The van der Waals surface area contributed by atoms with Crippen LogP contribution in [0.2, 0.25) is 0 Å². The average molecular weight is 221 g/mol. The van der Waals surface area contributed by atoms with Gasteiger partial charge >= 0.3 is 5.97 Å². The summed E-state index contributed by atoms with van der Waals surface area (Å²) in [6.07, 6.45) is 0. The number of aliphatic carboxylic acids is 1. The van der Waals surface area contributed by atoms with Crippen molar-refractivity contribution in [1.82, 2.24) is 4.37 Å². The van der Waals surface area contributed by atoms with Crippen molar-refractivity contribution >= 4 is 27.6 Å². The highest BCUT2D eigenvalue weighted by molar-refractivity contribution is 7.13. The van der Waals surface area contributed by atoms with Gasteiger partial charge in [-0.15, -0.1) is 0 Å². The third-order valence-corrected chi connectivity index (χ3v) is 3.55. The fourth-order valence-electron chi connectivity index (χ4n) is 1.58. The lowest BCUT2D eigenvalue weighted by molar-refractivity contribution is -0.138. The molecule has 1 unspecified atom stereocenters. The third-order valence-electron chi connectivity index (χ3n) is 2.55. The fraction of sp³-hybridized carbons (Fsp3) is 0.273. The van der Waals surface area contributed by atoms with E-state index in [2.05, 4.69) is 4.37 Å². The van der Waals surface area contributed by atoms with Crippen molar-refractivity contribution in [3.8, 4) is 0 Å². The highest BCUT2D eigenvalue weighted by atomic mass is 32.1. The maximum absolute atomic E-state index is 10.9. The van der Waals surface area contributed by atoms with Crippen LogP contribution in [0.1, 0.15) is 24.1 Å². The van der Waals surface area contributed by atoms with E-state index in [0.717, 1.165) is 21.3 Å². The van der Waals surface area contributed by atoms with E-state index >= 15 is 0 Å². The zero-order valence-corrected chi connectivity index (χ0v) is 9.34. The molecular weight excluding hydrogens is 210 g/mol. The van der Waals surface area contributed by atoms with Crippen LogP contribution in [0.3, 0.4) is 0 Å². The molecule has 1 N–H and O–H groups in total. The van der Waals surface area contributed by atoms with Crippen molar-refractivity contribution < 1.29 is 9.90 Å². The number of nitrogens with zero attached hydrogens (tertiary/aromatic N) is 1. The molecule has 4 heteroatoms. The van der Waals surface area contributed by atoms with Gasteiger partial charge < -0.3 is 5.11 Å². The molecule has 1 heterocycles. The molecule has 0 aliphatic heterocycles. The molecule has 0 radical (unpaired) electrons. The van der Waals surface area contributed by atoms with Crippen LogP contribution in [0.15, 0.2) is 18.2 Å². The summed E-state index contributed by atoms with van der Waals surface area (Å²) in [5, 5.41) is 10.0. The molecule has 0 aliphatic rings. The van der Waals surface area contributed by atoms with Gasteiger partial charge in [-0.3, -0.25) is 4.79 Å². The second-order valence-corrected chi connectivity index (χ2v) is 4.33. The maximum atomic E-state index is 10.9. The van der Waals surface area contributed by atoms with Gasteiger partial charge in [-0.1, -0.05) is 18.2 Å². The number of hydrogen-bond donors (Lipinski definition) is 1. The lowest BCUT2D eigenvalue weighted by atomic mass is 10.00. The first-order chi connectivity index (χ1) is 7.11. The maximum Gasteiger partial charge on any atom is 0.310 e. The van der Waals surface area contributed by atoms with E-state index in [1.807, 2.05) is 25.1 Å². The van der Waals surface area contributed by atoms with Crippen LogP contribution in [0.4, 0.5) is 0 Å². The summed E-state index contributed by atoms with van der Waals surface area (Å²) in [4.78, 5) is 10.9. The van der Waals surface area contributed by atoms with Crippen molar-refractivity contribution in [2.24, 2.45) is 0 Å². The van der Waals surface area contributed by atoms with E-state index in [1.54, 1.807) is 6.92 Å². The van der Waals surface area contributed by atoms with Crippen LogP contribution in [0.5, 0.6) is 0 Å². The van der Waals surface area contributed by atoms with Gasteiger partial charge in [-0.2, -0.15) is 4.37 Å². The zero-order valence-electron chi connectivity index (χ0n) is 8.52. The highest BCUT2D eigenvalue weighted by Crippen LogP contribution is 2.30. The zero-order chi connectivity index (χ0) is 11.0. The minimum Gasteiger partial charge on any atom is -0.481 e. The summed E-state index contributed by atoms with van der Waals surface area (Å²) in [7, 11) is 0. The fourth-order valence-corrected chi connectivity index (χ4v) is 2.57. The van der Waals surface area contributed by atoms with Gasteiger partial charge in [0.2, 0.25) is 0 Å². The van der Waals surface area contributed by atoms with Crippen LogP contribution in [0.25, 0.3) is 10.1 Å². The minimum atomic E-state index is -0.798. The van der Waals surface area contributed by atoms with Crippen molar-refractivity contribution in [1.29, 1.82) is 0 Å². The van der Waals surface area contributed by atoms with Gasteiger partial charge in [0.15, 0.2) is 0 Å². The predicted octanol–water partition coefficient (Wildman–Crippen LogP) is 2.79. The first kappa shape index (κ1) is 10.1. The minimum absolute atomic E-state index is 0.478. The Morgan fingerprint density at radius 1 is 1.53 bits per heavy atom. The van der Waals surface area contributed by atoms with E-state index in [1.165, 1.54) is 11.5 Å². The molecule has 0 saturated heterocycles. The largest absolute Gasteiger partial charge is 0.481 e. The molecule has 78 valence electrons. The number of aryl methyl sites for hydroxylation is 1. The van der Waals surface area contributed by atoms with Crippen molar-refractivity contribution in [3.63, 3.8) is 0 Å². The molecule has 0 spiro atoms. The number of benzene rings is 1. The number of carboxylic acid groups (broad SMARTS) is 1. The van der Waals surface area contributed by atoms with Crippen LogP contribution >= 0.6 is 11.5 Å². The second-order valence-electron chi connectivity index (χ2n) is 3.55. The highest BCUT2D eigenvalue weighted by Gasteiger charge is 2.17. The lowest BCUT2D eigenvalue weighted by Gasteiger charge is -2.06. The smallest absolute Gasteiger partial charge is 0.310 e. The summed E-state index contributed by atoms with van der Waals surface area (Å²) in [5.74, 6) is -1.28. The number of carbonyl (C=O) groups is 1. The van der Waals surface area contributed by atoms with E-state index in [0.29, 0.717) is 0 Å². The van der Waals surface area contributed by atoms with Crippen molar-refractivity contribution in [3.05, 3.63) is 29.5 Å². The van der Waals surface area contributed by atoms with Gasteiger partial charge in [0.25, 0.3) is 0 Å². The third kappa shape index (κ3) is 1.61. The number of fused-ring (bicyclic) bond motifs is 1. The van der Waals surface area contributed by atoms with Crippen molar-refractivity contribution in [2.75, 3.05) is 0 Å². The normalized spacial score (nSPS) is 12.9. The van der Waals surface area contributed by atoms with Crippen LogP contribution in [-0.2, 0) is 4.79 Å². The van der Waals surface area contributed by atoms with Crippen LogP contribution < -0.4 is 0 Å². The standard InChI is InChI=1S/C11H11NO2S/c1-6(11(13)14)8-4-3-5-9-7(2)12-15-10(8)9/h3-6H,1-2H3,(H,13,14). The first-order valence-electron chi connectivity index (χ1n) is 4.69. The molecular formula is C11H11NO2S. The first-order valence-corrected chi connectivity index (χ1v) is 5.46. The predicted molar refractivity (Wildman–Crippen MR) is 60.4 cm³/mol. The molecule has 2 aromatic rings. The van der Waals surface area contributed by atoms with E-state index in [-0.39, 0.29) is 0 Å². The van der Waals surface area contributed by atoms with Gasteiger partial charge in [0.05, 0.1) is 16.3 Å². The molecule has 1 aromatic carbocycles. The Morgan fingerprint density at radius 3 is 2.93 bits per heavy atom. The average Bonchev–Trinajstić information content (AvgIpc) is 2.59. The molecule has 0 fully saturated rings. The van der Waals surface area contributed by atoms with Crippen LogP contribution in [0, 0.1) is 6.92 Å². The van der Waals surface area contributed by atoms with E-state index in [4.69, 9.17) is 5.11 Å². The summed E-state index contributed by atoms with van der Waals surface area (Å²) in [6.45, 7) is 3.64. The Balaban J connectivity index is 2.66. The molecule has 0 bridgehead atoms. The molecule has 0 amide bonds. The van der Waals surface area contributed by atoms with Gasteiger partial charge in [-0.05, 0) is 30.9 Å². The SMILES string of the molecule is Cc1nsc2c(C(C)C(=O)O)cccc12. The Kier molecular flexibility index (Phi) is 2.44. The van der Waals surface area contributed by atoms with Gasteiger partial charge in [-0.25, -0.2) is 0 Å². The number of aromatic nitrogens is 1. The van der Waals surface area contributed by atoms with Crippen molar-refractivity contribution in [2.45, 2.75) is 19.8 Å². The molecule has 0 aliphatic carbocycles. The summed E-state index contributed by atoms with van der Waals surface area (Å²) in [6, 6.07) is 5.73. The van der Waals surface area contributed by atoms with Gasteiger partial charge in [0.1, 0.15) is 0 Å². The molecule has 1 atom stereocenters. The Bertz CT molecular complexity index is 518. The second kappa shape index (κ2) is 3.62. The molecule has 0 saturated carbocycles. The number of rotatable bonds is 2. The monoisotopic (exact) mass is 221 g/mol. The Hall–Kier alpha value is -1.42. The Morgan fingerprint density at radius 2 is 2.27 bits per heavy atom. The molecule has 15 heavy (non-hydrogen) atoms.